The van der Waals surface area contributed by atoms with E-state index in [1.807, 2.05) is 0 Å². The molecule has 0 N–H and O–H groups in total. The molecule has 190 valence electrons. The van der Waals surface area contributed by atoms with Crippen molar-refractivity contribution in [3.8, 4) is 22.3 Å². The van der Waals surface area contributed by atoms with Gasteiger partial charge in [0.25, 0.3) is 0 Å². The predicted molar refractivity (Wildman–Crippen MR) is 163 cm³/mol. The van der Waals surface area contributed by atoms with E-state index in [4.69, 9.17) is 4.42 Å². The molecule has 2 heteroatoms. The number of hydrogen-bond donors (Lipinski definition) is 0. The summed E-state index contributed by atoms with van der Waals surface area (Å²) < 4.78 is 6.56. The predicted octanol–water partition coefficient (Wildman–Crippen LogP) is 10.0. The van der Waals surface area contributed by atoms with Crippen molar-refractivity contribution in [3.05, 3.63) is 120 Å². The van der Waals surface area contributed by atoms with Gasteiger partial charge >= 0.3 is 0 Å². The summed E-state index contributed by atoms with van der Waals surface area (Å²) >= 11 is 0. The molecule has 2 nitrogen and oxygen atoms in total. The van der Waals surface area contributed by atoms with Crippen molar-refractivity contribution < 1.29 is 4.42 Å². The maximum Gasteiger partial charge on any atom is 0.141 e. The van der Waals surface area contributed by atoms with Crippen molar-refractivity contribution in [2.75, 3.05) is 4.90 Å². The first kappa shape index (κ1) is 22.7. The molecular weight excluding hydrogens is 474 g/mol. The summed E-state index contributed by atoms with van der Waals surface area (Å²) in [5, 5.41) is 2.41. The molecule has 8 rings (SSSR count). The van der Waals surface area contributed by atoms with Gasteiger partial charge in [-0.1, -0.05) is 107 Å². The number of nitrogens with zero attached hydrogens (tertiary/aromatic N) is 1. The molecule has 0 bridgehead atoms. The summed E-state index contributed by atoms with van der Waals surface area (Å²) in [6.07, 6.45) is 0. The number of fused-ring (bicyclic) bond motifs is 9. The normalized spacial score (nSPS) is 18.4. The van der Waals surface area contributed by atoms with E-state index < -0.39 is 0 Å². The third-order valence-electron chi connectivity index (χ3n) is 9.33. The molecule has 0 spiro atoms. The second kappa shape index (κ2) is 7.64. The monoisotopic (exact) mass is 505 g/mol. The maximum atomic E-state index is 6.56. The Morgan fingerprint density at radius 3 is 2.05 bits per heavy atom. The van der Waals surface area contributed by atoms with Crippen LogP contribution in [0.3, 0.4) is 0 Å². The van der Waals surface area contributed by atoms with Gasteiger partial charge in [-0.05, 0) is 58.1 Å². The number of para-hydroxylation sites is 1. The molecule has 5 aromatic carbocycles. The molecule has 2 aliphatic heterocycles. The number of hydrogen-bond acceptors (Lipinski definition) is 2. The van der Waals surface area contributed by atoms with Gasteiger partial charge in [-0.25, -0.2) is 0 Å². The summed E-state index contributed by atoms with van der Waals surface area (Å²) in [5.74, 6) is 0. The van der Waals surface area contributed by atoms with E-state index in [0.717, 1.165) is 11.2 Å². The molecule has 1 unspecified atom stereocenters. The van der Waals surface area contributed by atoms with Crippen LogP contribution >= 0.6 is 0 Å². The van der Waals surface area contributed by atoms with Crippen LogP contribution in [0.5, 0.6) is 0 Å². The summed E-state index contributed by atoms with van der Waals surface area (Å²) in [7, 11) is 0. The molecule has 0 aliphatic carbocycles. The Labute approximate surface area is 229 Å². The zero-order chi connectivity index (χ0) is 26.5. The van der Waals surface area contributed by atoms with E-state index >= 15 is 0 Å². The Kier molecular flexibility index (Phi) is 4.44. The van der Waals surface area contributed by atoms with Crippen molar-refractivity contribution in [2.24, 2.45) is 0 Å². The highest BCUT2D eigenvalue weighted by Crippen LogP contribution is 2.62. The lowest BCUT2D eigenvalue weighted by Gasteiger charge is -2.38. The first-order valence-electron chi connectivity index (χ1n) is 13.9. The quantitative estimate of drug-likeness (QED) is 0.233. The summed E-state index contributed by atoms with van der Waals surface area (Å²) in [4.78, 5) is 2.60. The van der Waals surface area contributed by atoms with Crippen molar-refractivity contribution in [2.45, 2.75) is 44.6 Å². The van der Waals surface area contributed by atoms with Gasteiger partial charge in [-0.15, -0.1) is 0 Å². The lowest BCUT2D eigenvalue weighted by Crippen LogP contribution is -2.46. The molecule has 39 heavy (non-hydrogen) atoms. The van der Waals surface area contributed by atoms with Gasteiger partial charge in [0.2, 0.25) is 0 Å². The summed E-state index contributed by atoms with van der Waals surface area (Å²) in [5.41, 5.74) is 12.2. The summed E-state index contributed by atoms with van der Waals surface area (Å²) in [6, 6.07) is 39.9. The second-order valence-corrected chi connectivity index (χ2v) is 12.3. The van der Waals surface area contributed by atoms with E-state index in [1.54, 1.807) is 0 Å². The number of furan rings is 1. The molecule has 6 aromatic rings. The number of rotatable bonds is 2. The molecule has 3 heterocycles. The molecule has 0 fully saturated rings. The smallest absolute Gasteiger partial charge is 0.141 e. The minimum absolute atomic E-state index is 0.0616. The molecule has 1 atom stereocenters. The highest BCUT2D eigenvalue weighted by molar-refractivity contribution is 6.08. The third kappa shape index (κ3) is 2.92. The van der Waals surface area contributed by atoms with E-state index in [9.17, 15) is 0 Å². The van der Waals surface area contributed by atoms with Gasteiger partial charge in [0, 0.05) is 38.5 Å². The average molecular weight is 506 g/mol. The van der Waals surface area contributed by atoms with Crippen LogP contribution in [0.2, 0.25) is 0 Å². The Morgan fingerprint density at radius 1 is 0.590 bits per heavy atom. The van der Waals surface area contributed by atoms with Crippen molar-refractivity contribution in [1.29, 1.82) is 0 Å². The van der Waals surface area contributed by atoms with Gasteiger partial charge in [0.15, 0.2) is 0 Å². The SMILES string of the molecule is CC1(C)c2cc(-c3ccccc3-c3ccccc3)ccc2N2c3ccc4c(oc5ccccc54)c3C(C)(C)C21. The lowest BCUT2D eigenvalue weighted by atomic mass is 9.67. The maximum absolute atomic E-state index is 6.56. The largest absolute Gasteiger partial charge is 0.456 e. The van der Waals surface area contributed by atoms with E-state index in [0.29, 0.717) is 0 Å². The minimum atomic E-state index is -0.104. The molecule has 0 saturated carbocycles. The highest BCUT2D eigenvalue weighted by Gasteiger charge is 2.58. The number of anilines is 2. The topological polar surface area (TPSA) is 16.4 Å². The zero-order valence-electron chi connectivity index (χ0n) is 22.8. The van der Waals surface area contributed by atoms with Crippen molar-refractivity contribution in [3.63, 3.8) is 0 Å². The molecule has 0 saturated heterocycles. The van der Waals surface area contributed by atoms with Gasteiger partial charge in [0.05, 0.1) is 6.04 Å². The van der Waals surface area contributed by atoms with Crippen molar-refractivity contribution in [1.82, 2.24) is 0 Å². The third-order valence-corrected chi connectivity index (χ3v) is 9.33. The Hall–Kier alpha value is -4.30. The fraction of sp³-hybridized carbons (Fsp3) is 0.189. The van der Waals surface area contributed by atoms with Gasteiger partial charge in [-0.3, -0.25) is 0 Å². The second-order valence-electron chi connectivity index (χ2n) is 12.3. The first-order chi connectivity index (χ1) is 18.9. The fourth-order valence-corrected chi connectivity index (χ4v) is 7.88. The van der Waals surface area contributed by atoms with Crippen LogP contribution in [0.15, 0.2) is 114 Å². The standard InChI is InChI=1S/C37H31NO/c1-36(2)29-22-24(26-15-9-8-14-25(26)23-12-6-5-7-13-23)18-20-30(29)38-31-21-19-28-27-16-10-11-17-32(27)39-34(28)33(31)37(3,4)35(36)38/h5-22,35H,1-4H3. The van der Waals surface area contributed by atoms with Crippen LogP contribution in [0.25, 0.3) is 44.2 Å². The first-order valence-corrected chi connectivity index (χ1v) is 13.9. The molecular formula is C37H31NO. The molecule has 0 amide bonds. The van der Waals surface area contributed by atoms with Gasteiger partial charge in [0.1, 0.15) is 11.2 Å². The minimum Gasteiger partial charge on any atom is -0.456 e. The van der Waals surface area contributed by atoms with Crippen LogP contribution in [0.4, 0.5) is 11.4 Å². The van der Waals surface area contributed by atoms with E-state index in [2.05, 4.69) is 142 Å². The van der Waals surface area contributed by atoms with Crippen LogP contribution in [0, 0.1) is 0 Å². The fourth-order valence-electron chi connectivity index (χ4n) is 7.88. The average Bonchev–Trinajstić information content (AvgIpc) is 3.53. The summed E-state index contributed by atoms with van der Waals surface area (Å²) in [6.45, 7) is 9.66. The highest BCUT2D eigenvalue weighted by atomic mass is 16.3. The molecule has 1 aromatic heterocycles. The molecule has 0 radical (unpaired) electrons. The van der Waals surface area contributed by atoms with Crippen molar-refractivity contribution >= 4 is 33.3 Å². The molecule has 2 aliphatic rings. The van der Waals surface area contributed by atoms with Gasteiger partial charge < -0.3 is 9.32 Å². The van der Waals surface area contributed by atoms with Crippen LogP contribution < -0.4 is 4.90 Å². The van der Waals surface area contributed by atoms with E-state index in [-0.39, 0.29) is 16.9 Å². The van der Waals surface area contributed by atoms with Crippen LogP contribution in [-0.2, 0) is 10.8 Å². The van der Waals surface area contributed by atoms with Gasteiger partial charge in [-0.2, -0.15) is 0 Å². The number of benzene rings is 5. The Balaban J connectivity index is 1.33. The van der Waals surface area contributed by atoms with E-state index in [1.165, 1.54) is 55.5 Å². The Morgan fingerprint density at radius 2 is 1.26 bits per heavy atom. The Bertz CT molecular complexity index is 1920. The van der Waals surface area contributed by atoms with Crippen LogP contribution in [-0.4, -0.2) is 6.04 Å². The lowest BCUT2D eigenvalue weighted by molar-refractivity contribution is 0.322. The zero-order valence-corrected chi connectivity index (χ0v) is 22.8. The van der Waals surface area contributed by atoms with Crippen LogP contribution in [0.1, 0.15) is 38.8 Å².